The highest BCUT2D eigenvalue weighted by Gasteiger charge is 2.16. The SMILES string of the molecule is CNCCCc1nnc(CCC2CCCC2)o1. The minimum atomic E-state index is 0.793. The summed E-state index contributed by atoms with van der Waals surface area (Å²) in [4.78, 5) is 0. The summed E-state index contributed by atoms with van der Waals surface area (Å²) >= 11 is 0. The molecule has 1 aliphatic rings. The number of nitrogens with zero attached hydrogens (tertiary/aromatic N) is 2. The predicted octanol–water partition coefficient (Wildman–Crippen LogP) is 2.34. The molecule has 0 spiro atoms. The van der Waals surface area contributed by atoms with Crippen molar-refractivity contribution in [1.82, 2.24) is 15.5 Å². The molecule has 0 amide bonds. The minimum absolute atomic E-state index is 0.793. The van der Waals surface area contributed by atoms with E-state index in [2.05, 4.69) is 15.5 Å². The molecular weight excluding hydrogens is 214 g/mol. The van der Waals surface area contributed by atoms with Crippen molar-refractivity contribution in [2.75, 3.05) is 13.6 Å². The van der Waals surface area contributed by atoms with Crippen LogP contribution in [0.5, 0.6) is 0 Å². The Morgan fingerprint density at radius 2 is 1.88 bits per heavy atom. The predicted molar refractivity (Wildman–Crippen MR) is 66.8 cm³/mol. The number of hydrogen-bond donors (Lipinski definition) is 1. The van der Waals surface area contributed by atoms with Gasteiger partial charge in [0.05, 0.1) is 0 Å². The van der Waals surface area contributed by atoms with Gasteiger partial charge in [0, 0.05) is 12.8 Å². The maximum absolute atomic E-state index is 5.64. The van der Waals surface area contributed by atoms with Gasteiger partial charge in [-0.2, -0.15) is 0 Å². The molecule has 4 heteroatoms. The molecule has 0 atom stereocenters. The van der Waals surface area contributed by atoms with Crippen LogP contribution >= 0.6 is 0 Å². The fourth-order valence-corrected chi connectivity index (χ4v) is 2.53. The Hall–Kier alpha value is -0.900. The maximum atomic E-state index is 5.64. The first-order valence-electron chi connectivity index (χ1n) is 6.84. The van der Waals surface area contributed by atoms with Crippen molar-refractivity contribution in [3.8, 4) is 0 Å². The Bertz CT molecular complexity index is 318. The lowest BCUT2D eigenvalue weighted by molar-refractivity contribution is 0.412. The van der Waals surface area contributed by atoms with E-state index in [1.54, 1.807) is 0 Å². The molecule has 0 aliphatic heterocycles. The summed E-state index contributed by atoms with van der Waals surface area (Å²) in [5.41, 5.74) is 0. The Balaban J connectivity index is 1.69. The number of aromatic nitrogens is 2. The molecule has 1 aliphatic carbocycles. The van der Waals surface area contributed by atoms with Crippen LogP contribution in [-0.2, 0) is 12.8 Å². The highest BCUT2D eigenvalue weighted by atomic mass is 16.4. The third-order valence-electron chi connectivity index (χ3n) is 3.57. The highest BCUT2D eigenvalue weighted by molar-refractivity contribution is 4.83. The second-order valence-electron chi connectivity index (χ2n) is 4.99. The number of hydrogen-bond acceptors (Lipinski definition) is 4. The van der Waals surface area contributed by atoms with Crippen LogP contribution in [0.1, 0.15) is 50.3 Å². The first kappa shape index (κ1) is 12.6. The fraction of sp³-hybridized carbons (Fsp3) is 0.846. The standard InChI is InChI=1S/C13H23N3O/c1-14-10-4-7-12-15-16-13(17-12)9-8-11-5-2-3-6-11/h11,14H,2-10H2,1H3. The second-order valence-corrected chi connectivity index (χ2v) is 4.99. The van der Waals surface area contributed by atoms with Crippen molar-refractivity contribution < 1.29 is 4.42 Å². The van der Waals surface area contributed by atoms with E-state index < -0.39 is 0 Å². The lowest BCUT2D eigenvalue weighted by Crippen LogP contribution is -2.08. The van der Waals surface area contributed by atoms with E-state index in [9.17, 15) is 0 Å². The molecule has 1 saturated carbocycles. The van der Waals surface area contributed by atoms with E-state index >= 15 is 0 Å². The van der Waals surface area contributed by atoms with Crippen LogP contribution in [0.3, 0.4) is 0 Å². The van der Waals surface area contributed by atoms with Gasteiger partial charge in [-0.3, -0.25) is 0 Å². The summed E-state index contributed by atoms with van der Waals surface area (Å²) < 4.78 is 5.64. The van der Waals surface area contributed by atoms with Gasteiger partial charge in [0.1, 0.15) is 0 Å². The van der Waals surface area contributed by atoms with Gasteiger partial charge in [-0.25, -0.2) is 0 Å². The number of aryl methyl sites for hydroxylation is 2. The van der Waals surface area contributed by atoms with Gasteiger partial charge in [0.15, 0.2) is 0 Å². The zero-order valence-electron chi connectivity index (χ0n) is 10.7. The lowest BCUT2D eigenvalue weighted by atomic mass is 10.0. The van der Waals surface area contributed by atoms with Crippen molar-refractivity contribution in [2.24, 2.45) is 5.92 Å². The van der Waals surface area contributed by atoms with E-state index in [4.69, 9.17) is 4.42 Å². The molecule has 96 valence electrons. The zero-order valence-corrected chi connectivity index (χ0v) is 10.7. The second kappa shape index (κ2) is 6.74. The van der Waals surface area contributed by atoms with Gasteiger partial charge in [-0.05, 0) is 32.4 Å². The third kappa shape index (κ3) is 4.11. The van der Waals surface area contributed by atoms with Crippen molar-refractivity contribution in [1.29, 1.82) is 0 Å². The molecular formula is C13H23N3O. The van der Waals surface area contributed by atoms with E-state index in [0.717, 1.165) is 43.5 Å². The van der Waals surface area contributed by atoms with Crippen molar-refractivity contribution >= 4 is 0 Å². The smallest absolute Gasteiger partial charge is 0.216 e. The topological polar surface area (TPSA) is 51.0 Å². The highest BCUT2D eigenvalue weighted by Crippen LogP contribution is 2.28. The Kier molecular flexibility index (Phi) is 4.98. The van der Waals surface area contributed by atoms with Crippen molar-refractivity contribution in [2.45, 2.75) is 51.4 Å². The molecule has 1 fully saturated rings. The molecule has 17 heavy (non-hydrogen) atoms. The first-order valence-corrected chi connectivity index (χ1v) is 6.84. The molecule has 0 bridgehead atoms. The molecule has 2 rings (SSSR count). The maximum Gasteiger partial charge on any atom is 0.216 e. The zero-order chi connectivity index (χ0) is 11.9. The van der Waals surface area contributed by atoms with E-state index in [1.807, 2.05) is 7.05 Å². The average Bonchev–Trinajstić information content (AvgIpc) is 2.98. The van der Waals surface area contributed by atoms with E-state index in [1.165, 1.54) is 32.1 Å². The van der Waals surface area contributed by atoms with Crippen LogP contribution in [0.25, 0.3) is 0 Å². The van der Waals surface area contributed by atoms with Gasteiger partial charge in [0.25, 0.3) is 0 Å². The molecule has 0 aromatic carbocycles. The minimum Gasteiger partial charge on any atom is -0.425 e. The van der Waals surface area contributed by atoms with Crippen molar-refractivity contribution in [3.05, 3.63) is 11.8 Å². The summed E-state index contributed by atoms with van der Waals surface area (Å²) in [6, 6.07) is 0. The molecule has 1 heterocycles. The van der Waals surface area contributed by atoms with Crippen LogP contribution in [0.15, 0.2) is 4.42 Å². The Labute approximate surface area is 103 Å². The number of nitrogens with one attached hydrogen (secondary N) is 1. The summed E-state index contributed by atoms with van der Waals surface area (Å²) in [6.07, 6.45) is 9.72. The normalized spacial score (nSPS) is 16.8. The van der Waals surface area contributed by atoms with E-state index in [-0.39, 0.29) is 0 Å². The molecule has 0 unspecified atom stereocenters. The van der Waals surface area contributed by atoms with Crippen LogP contribution in [0.2, 0.25) is 0 Å². The summed E-state index contributed by atoms with van der Waals surface area (Å²) in [6.45, 7) is 1.000. The Morgan fingerprint density at radius 3 is 2.59 bits per heavy atom. The third-order valence-corrected chi connectivity index (χ3v) is 3.57. The molecule has 0 radical (unpaired) electrons. The fourth-order valence-electron chi connectivity index (χ4n) is 2.53. The number of rotatable bonds is 7. The van der Waals surface area contributed by atoms with E-state index in [0.29, 0.717) is 0 Å². The lowest BCUT2D eigenvalue weighted by Gasteiger charge is -2.04. The summed E-state index contributed by atoms with van der Waals surface area (Å²) in [7, 11) is 1.96. The van der Waals surface area contributed by atoms with Crippen LogP contribution in [0.4, 0.5) is 0 Å². The molecule has 1 aromatic rings. The largest absolute Gasteiger partial charge is 0.425 e. The molecule has 1 aromatic heterocycles. The molecule has 4 nitrogen and oxygen atoms in total. The average molecular weight is 237 g/mol. The monoisotopic (exact) mass is 237 g/mol. The molecule has 0 saturated heterocycles. The summed E-state index contributed by atoms with van der Waals surface area (Å²) in [5, 5.41) is 11.3. The first-order chi connectivity index (χ1) is 8.38. The Morgan fingerprint density at radius 1 is 1.18 bits per heavy atom. The van der Waals surface area contributed by atoms with Gasteiger partial charge in [0.2, 0.25) is 11.8 Å². The van der Waals surface area contributed by atoms with Crippen LogP contribution in [0, 0.1) is 5.92 Å². The van der Waals surface area contributed by atoms with Crippen LogP contribution in [-0.4, -0.2) is 23.8 Å². The van der Waals surface area contributed by atoms with Crippen LogP contribution < -0.4 is 5.32 Å². The summed E-state index contributed by atoms with van der Waals surface area (Å²) in [5.74, 6) is 2.52. The van der Waals surface area contributed by atoms with Gasteiger partial charge in [-0.1, -0.05) is 25.7 Å². The van der Waals surface area contributed by atoms with Gasteiger partial charge >= 0.3 is 0 Å². The quantitative estimate of drug-likeness (QED) is 0.740. The van der Waals surface area contributed by atoms with Crippen molar-refractivity contribution in [3.63, 3.8) is 0 Å². The van der Waals surface area contributed by atoms with Gasteiger partial charge < -0.3 is 9.73 Å². The molecule has 1 N–H and O–H groups in total. The van der Waals surface area contributed by atoms with Gasteiger partial charge in [-0.15, -0.1) is 10.2 Å².